The van der Waals surface area contributed by atoms with Gasteiger partial charge in [-0.2, -0.15) is 0 Å². The summed E-state index contributed by atoms with van der Waals surface area (Å²) in [5, 5.41) is 13.7. The number of aryl methyl sites for hydroxylation is 1. The van der Waals surface area contributed by atoms with Crippen LogP contribution in [0, 0.1) is 13.8 Å². The van der Waals surface area contributed by atoms with Crippen LogP contribution in [0.2, 0.25) is 0 Å². The van der Waals surface area contributed by atoms with Crippen molar-refractivity contribution >= 4 is 23.4 Å². The molecule has 2 N–H and O–H groups in total. The number of nitrogens with zero attached hydrogens (tertiary/aromatic N) is 2. The minimum atomic E-state index is -0.814. The third kappa shape index (κ3) is 4.41. The first-order valence-electron chi connectivity index (χ1n) is 11.0. The van der Waals surface area contributed by atoms with Crippen molar-refractivity contribution in [2.75, 3.05) is 33.3 Å². The number of carbonyl (C=O) groups is 3. The lowest BCUT2D eigenvalue weighted by Gasteiger charge is -2.28. The molecule has 0 bridgehead atoms. The van der Waals surface area contributed by atoms with Gasteiger partial charge >= 0.3 is 5.97 Å². The van der Waals surface area contributed by atoms with Crippen LogP contribution in [-0.2, 0) is 14.3 Å². The Labute approximate surface area is 193 Å². The van der Waals surface area contributed by atoms with E-state index in [1.54, 1.807) is 38.4 Å². The van der Waals surface area contributed by atoms with Crippen LogP contribution in [0.4, 0.5) is 0 Å². The lowest BCUT2D eigenvalue weighted by molar-refractivity contribution is -0.895. The van der Waals surface area contributed by atoms with Crippen molar-refractivity contribution in [3.05, 3.63) is 58.2 Å². The first-order chi connectivity index (χ1) is 15.8. The number of amides is 1. The molecule has 1 aliphatic rings. The molecular weight excluding hydrogens is 424 g/mol. The lowest BCUT2D eigenvalue weighted by Crippen LogP contribution is -3.12. The number of ether oxygens (including phenoxy) is 1. The number of aromatic amines is 1. The van der Waals surface area contributed by atoms with E-state index in [-0.39, 0.29) is 16.8 Å². The van der Waals surface area contributed by atoms with E-state index in [2.05, 4.69) is 23.8 Å². The normalized spacial score (nSPS) is 17.8. The maximum Gasteiger partial charge on any atom is 0.354 e. The van der Waals surface area contributed by atoms with Crippen molar-refractivity contribution in [2.45, 2.75) is 33.7 Å². The lowest BCUT2D eigenvalue weighted by atomic mass is 9.94. The highest BCUT2D eigenvalue weighted by molar-refractivity contribution is 6.46. The standard InChI is InChI=1S/C24H30N4O5/c1-6-27(7-2)12-13-28-20(16-8-10-25-11-9-16)18(22(30)23(28)31)21(29)17-14(3)19(24(32)33-5)26-15(17)4/h8-11,20,26,29H,6-7,12-13H2,1-5H3/b21-18+. The highest BCUT2D eigenvalue weighted by atomic mass is 16.5. The number of esters is 1. The number of aromatic nitrogens is 2. The van der Waals surface area contributed by atoms with Gasteiger partial charge in [0.25, 0.3) is 5.91 Å². The van der Waals surface area contributed by atoms with Gasteiger partial charge in [-0.25, -0.2) is 4.79 Å². The Hall–Kier alpha value is -3.46. The zero-order valence-electron chi connectivity index (χ0n) is 19.7. The molecule has 9 heteroatoms. The Kier molecular flexibility index (Phi) is 7.33. The topological polar surface area (TPSA) is 120 Å². The van der Waals surface area contributed by atoms with E-state index in [1.807, 2.05) is 0 Å². The molecule has 1 saturated heterocycles. The molecular formula is C24H30N4O5. The first-order valence-corrected chi connectivity index (χ1v) is 11.0. The predicted molar refractivity (Wildman–Crippen MR) is 119 cm³/mol. The monoisotopic (exact) mass is 454 g/mol. The highest BCUT2D eigenvalue weighted by Crippen LogP contribution is 2.39. The molecule has 0 radical (unpaired) electrons. The SMILES string of the molecule is CC[NH+](CC)CCN1C(=O)C(=O)/C(=C(/[O-])c2c(C)[nH]c(C(=O)OC)c2C)C1c1ccncc1. The van der Waals surface area contributed by atoms with Crippen LogP contribution in [0.5, 0.6) is 0 Å². The summed E-state index contributed by atoms with van der Waals surface area (Å²) in [5.74, 6) is -2.67. The second-order valence-electron chi connectivity index (χ2n) is 8.08. The summed E-state index contributed by atoms with van der Waals surface area (Å²) < 4.78 is 4.79. The number of nitrogens with one attached hydrogen (secondary N) is 2. The maximum absolute atomic E-state index is 13.7. The first kappa shape index (κ1) is 24.2. The van der Waals surface area contributed by atoms with Crippen LogP contribution in [0.3, 0.4) is 0 Å². The zero-order valence-corrected chi connectivity index (χ0v) is 19.7. The number of carbonyl (C=O) groups excluding carboxylic acids is 3. The Bertz CT molecular complexity index is 1090. The van der Waals surface area contributed by atoms with Crippen LogP contribution in [0.1, 0.15) is 52.8 Å². The van der Waals surface area contributed by atoms with Crippen LogP contribution < -0.4 is 10.0 Å². The van der Waals surface area contributed by atoms with E-state index >= 15 is 0 Å². The Morgan fingerprint density at radius 1 is 1.21 bits per heavy atom. The molecule has 0 aliphatic carbocycles. The quantitative estimate of drug-likeness (QED) is 0.250. The van der Waals surface area contributed by atoms with E-state index < -0.39 is 29.5 Å². The van der Waals surface area contributed by atoms with E-state index in [9.17, 15) is 19.5 Å². The van der Waals surface area contributed by atoms with Crippen LogP contribution in [0.25, 0.3) is 5.76 Å². The second-order valence-corrected chi connectivity index (χ2v) is 8.08. The Morgan fingerprint density at radius 2 is 1.85 bits per heavy atom. The molecule has 0 aromatic carbocycles. The molecule has 0 spiro atoms. The minimum Gasteiger partial charge on any atom is -0.872 e. The molecule has 1 aliphatic heterocycles. The number of H-pyrrole nitrogens is 1. The number of pyridine rings is 1. The summed E-state index contributed by atoms with van der Waals surface area (Å²) >= 11 is 0. The van der Waals surface area contributed by atoms with Crippen LogP contribution >= 0.6 is 0 Å². The van der Waals surface area contributed by atoms with Gasteiger partial charge in [0.1, 0.15) is 5.69 Å². The minimum absolute atomic E-state index is 0.109. The molecule has 1 amide bonds. The van der Waals surface area contributed by atoms with Crippen molar-refractivity contribution in [3.63, 3.8) is 0 Å². The van der Waals surface area contributed by atoms with E-state index in [1.165, 1.54) is 16.9 Å². The Balaban J connectivity index is 2.16. The van der Waals surface area contributed by atoms with Gasteiger partial charge in [-0.15, -0.1) is 0 Å². The van der Waals surface area contributed by atoms with E-state index in [0.29, 0.717) is 29.9 Å². The summed E-state index contributed by atoms with van der Waals surface area (Å²) in [7, 11) is 1.25. The molecule has 3 rings (SSSR count). The fraction of sp³-hybridized carbons (Fsp3) is 0.417. The number of hydrogen-bond donors (Lipinski definition) is 2. The number of methoxy groups -OCH3 is 1. The molecule has 0 saturated carbocycles. The van der Waals surface area contributed by atoms with Crippen LogP contribution in [0.15, 0.2) is 30.1 Å². The van der Waals surface area contributed by atoms with Crippen molar-refractivity contribution in [2.24, 2.45) is 0 Å². The van der Waals surface area contributed by atoms with Crippen molar-refractivity contribution in [1.82, 2.24) is 14.9 Å². The molecule has 1 unspecified atom stereocenters. The van der Waals surface area contributed by atoms with Gasteiger partial charge < -0.3 is 24.6 Å². The number of rotatable bonds is 8. The molecule has 1 fully saturated rings. The summed E-state index contributed by atoms with van der Waals surface area (Å²) in [6, 6.07) is 2.60. The fourth-order valence-corrected chi connectivity index (χ4v) is 4.41. The molecule has 2 aromatic heterocycles. The average Bonchev–Trinajstić information content (AvgIpc) is 3.26. The van der Waals surface area contributed by atoms with Gasteiger partial charge in [-0.1, -0.05) is 5.76 Å². The molecule has 3 heterocycles. The largest absolute Gasteiger partial charge is 0.872 e. The van der Waals surface area contributed by atoms with E-state index in [0.717, 1.165) is 13.1 Å². The number of quaternary nitrogens is 1. The van der Waals surface area contributed by atoms with Crippen molar-refractivity contribution in [3.8, 4) is 0 Å². The second kappa shape index (κ2) is 9.99. The number of Topliss-reactive ketones (excluding diaryl/α,β-unsaturated/α-hetero) is 1. The van der Waals surface area contributed by atoms with Gasteiger partial charge in [-0.3, -0.25) is 14.6 Å². The molecule has 176 valence electrons. The van der Waals surface area contributed by atoms with Crippen LogP contribution in [-0.4, -0.2) is 65.8 Å². The number of likely N-dealkylation sites (tertiary alicyclic amines) is 1. The van der Waals surface area contributed by atoms with E-state index in [4.69, 9.17) is 4.74 Å². The van der Waals surface area contributed by atoms with Gasteiger partial charge in [0.2, 0.25) is 5.78 Å². The zero-order chi connectivity index (χ0) is 24.3. The predicted octanol–water partition coefficient (Wildman–Crippen LogP) is -0.0382. The number of hydrogen-bond acceptors (Lipinski definition) is 6. The number of likely N-dealkylation sites (N-methyl/N-ethyl adjacent to an activating group) is 1. The van der Waals surface area contributed by atoms with Crippen molar-refractivity contribution < 1.29 is 29.1 Å². The molecule has 2 aromatic rings. The van der Waals surface area contributed by atoms with Gasteiger partial charge in [0.05, 0.1) is 39.3 Å². The molecule has 1 atom stereocenters. The molecule has 33 heavy (non-hydrogen) atoms. The van der Waals surface area contributed by atoms with Gasteiger partial charge in [0, 0.05) is 23.7 Å². The van der Waals surface area contributed by atoms with Crippen molar-refractivity contribution in [1.29, 1.82) is 0 Å². The average molecular weight is 455 g/mol. The van der Waals surface area contributed by atoms with Gasteiger partial charge in [0.15, 0.2) is 0 Å². The summed E-state index contributed by atoms with van der Waals surface area (Å²) in [6.07, 6.45) is 3.14. The summed E-state index contributed by atoms with van der Waals surface area (Å²) in [6.45, 7) is 10.2. The van der Waals surface area contributed by atoms with Gasteiger partial charge in [-0.05, 0) is 56.5 Å². The third-order valence-electron chi connectivity index (χ3n) is 6.31. The highest BCUT2D eigenvalue weighted by Gasteiger charge is 2.44. The summed E-state index contributed by atoms with van der Waals surface area (Å²) in [4.78, 5) is 48.0. The number of ketones is 1. The third-order valence-corrected chi connectivity index (χ3v) is 6.31. The fourth-order valence-electron chi connectivity index (χ4n) is 4.41. The Morgan fingerprint density at radius 3 is 2.42 bits per heavy atom. The summed E-state index contributed by atoms with van der Waals surface area (Å²) in [5.41, 5.74) is 1.71. The maximum atomic E-state index is 13.7. The smallest absolute Gasteiger partial charge is 0.354 e. The molecule has 9 nitrogen and oxygen atoms in total.